The van der Waals surface area contributed by atoms with Crippen molar-refractivity contribution in [1.29, 1.82) is 0 Å². The third-order valence-corrected chi connectivity index (χ3v) is 2.31. The number of hydrogen-bond donors (Lipinski definition) is 0. The molecule has 1 saturated heterocycles. The molecule has 0 bridgehead atoms. The van der Waals surface area contributed by atoms with E-state index in [0.29, 0.717) is 4.83 Å². The quantitative estimate of drug-likeness (QED) is 0.543. The van der Waals surface area contributed by atoms with Crippen molar-refractivity contribution in [2.75, 3.05) is 6.61 Å². The number of halogens is 2. The van der Waals surface area contributed by atoms with Crippen molar-refractivity contribution in [1.82, 2.24) is 0 Å². The van der Waals surface area contributed by atoms with Crippen LogP contribution in [0, 0.1) is 0 Å². The average Bonchev–Trinajstić information content (AvgIpc) is 1.64. The first-order chi connectivity index (χ1) is 3.79. The molecule has 3 heteroatoms. The van der Waals surface area contributed by atoms with E-state index in [4.69, 9.17) is 16.3 Å². The first-order valence-electron chi connectivity index (χ1n) is 2.69. The Hall–Kier alpha value is 0.730. The number of rotatable bonds is 0. The zero-order valence-corrected chi connectivity index (χ0v) is 6.78. The van der Waals surface area contributed by atoms with E-state index in [1.165, 1.54) is 0 Å². The van der Waals surface area contributed by atoms with Crippen LogP contribution in [0.3, 0.4) is 0 Å². The molecule has 48 valence electrons. The predicted molar refractivity (Wildman–Crippen MR) is 37.5 cm³/mol. The Morgan fingerprint density at radius 3 is 2.75 bits per heavy atom. The van der Waals surface area contributed by atoms with Crippen molar-refractivity contribution in [2.45, 2.75) is 23.2 Å². The lowest BCUT2D eigenvalue weighted by atomic mass is 10.2. The van der Waals surface area contributed by atoms with Gasteiger partial charge >= 0.3 is 0 Å². The lowest BCUT2D eigenvalue weighted by Gasteiger charge is -2.20. The van der Waals surface area contributed by atoms with Gasteiger partial charge in [0.2, 0.25) is 0 Å². The topological polar surface area (TPSA) is 9.23 Å². The lowest BCUT2D eigenvalue weighted by Crippen LogP contribution is -2.20. The van der Waals surface area contributed by atoms with Gasteiger partial charge in [-0.05, 0) is 6.42 Å². The standard InChI is InChI=1S/C5H8BrClO/c6-4-1-2-8-5(7)3-4/h4-5H,1-3H2. The van der Waals surface area contributed by atoms with Gasteiger partial charge in [0, 0.05) is 17.9 Å². The summed E-state index contributed by atoms with van der Waals surface area (Å²) in [5.74, 6) is 0. The van der Waals surface area contributed by atoms with Crippen molar-refractivity contribution in [3.8, 4) is 0 Å². The van der Waals surface area contributed by atoms with E-state index < -0.39 is 0 Å². The van der Waals surface area contributed by atoms with Gasteiger partial charge in [0.25, 0.3) is 0 Å². The van der Waals surface area contributed by atoms with Gasteiger partial charge in [0.1, 0.15) is 5.56 Å². The van der Waals surface area contributed by atoms with Crippen molar-refractivity contribution < 1.29 is 4.74 Å². The van der Waals surface area contributed by atoms with Crippen LogP contribution >= 0.6 is 27.5 Å². The zero-order chi connectivity index (χ0) is 5.98. The first kappa shape index (κ1) is 6.84. The summed E-state index contributed by atoms with van der Waals surface area (Å²) in [6.45, 7) is 0.796. The molecule has 0 amide bonds. The summed E-state index contributed by atoms with van der Waals surface area (Å²) in [5, 5.41) is 0. The molecule has 0 aromatic carbocycles. The smallest absolute Gasteiger partial charge is 0.132 e. The normalized spacial score (nSPS) is 39.8. The van der Waals surface area contributed by atoms with E-state index in [-0.39, 0.29) is 5.56 Å². The van der Waals surface area contributed by atoms with Crippen LogP contribution in [0.15, 0.2) is 0 Å². The van der Waals surface area contributed by atoms with E-state index in [0.717, 1.165) is 19.4 Å². The van der Waals surface area contributed by atoms with Crippen LogP contribution in [0.4, 0.5) is 0 Å². The Kier molecular flexibility index (Phi) is 2.60. The molecule has 0 radical (unpaired) electrons. The predicted octanol–water partition coefficient (Wildman–Crippen LogP) is 2.13. The van der Waals surface area contributed by atoms with Gasteiger partial charge < -0.3 is 4.74 Å². The van der Waals surface area contributed by atoms with Gasteiger partial charge in [-0.15, -0.1) is 0 Å². The highest BCUT2D eigenvalue weighted by Crippen LogP contribution is 2.21. The fourth-order valence-corrected chi connectivity index (χ4v) is 1.76. The van der Waals surface area contributed by atoms with Crippen LogP contribution < -0.4 is 0 Å². The van der Waals surface area contributed by atoms with Crippen molar-refractivity contribution in [3.63, 3.8) is 0 Å². The maximum absolute atomic E-state index is 5.66. The van der Waals surface area contributed by atoms with Gasteiger partial charge in [-0.2, -0.15) is 0 Å². The minimum atomic E-state index is -0.0619. The highest BCUT2D eigenvalue weighted by Gasteiger charge is 2.17. The molecule has 0 saturated carbocycles. The first-order valence-corrected chi connectivity index (χ1v) is 4.04. The van der Waals surface area contributed by atoms with E-state index in [1.807, 2.05) is 0 Å². The van der Waals surface area contributed by atoms with Crippen LogP contribution in [0.25, 0.3) is 0 Å². The summed E-state index contributed by atoms with van der Waals surface area (Å²) in [7, 11) is 0. The molecule has 1 aliphatic heterocycles. The summed E-state index contributed by atoms with van der Waals surface area (Å²) >= 11 is 9.12. The number of hydrogen-bond acceptors (Lipinski definition) is 1. The molecule has 2 atom stereocenters. The second-order valence-corrected chi connectivity index (χ2v) is 3.68. The maximum Gasteiger partial charge on any atom is 0.132 e. The summed E-state index contributed by atoms with van der Waals surface area (Å²) in [6, 6.07) is 0. The molecule has 1 nitrogen and oxygen atoms in total. The fourth-order valence-electron chi connectivity index (χ4n) is 0.711. The summed E-state index contributed by atoms with van der Waals surface area (Å²) in [4.78, 5) is 0.568. The van der Waals surface area contributed by atoms with Gasteiger partial charge in [0.15, 0.2) is 0 Å². The van der Waals surface area contributed by atoms with E-state index in [9.17, 15) is 0 Å². The fraction of sp³-hybridized carbons (Fsp3) is 1.00. The van der Waals surface area contributed by atoms with E-state index >= 15 is 0 Å². The lowest BCUT2D eigenvalue weighted by molar-refractivity contribution is 0.0720. The Bertz CT molecular complexity index is 70.8. The van der Waals surface area contributed by atoms with Gasteiger partial charge in [0.05, 0.1) is 0 Å². The van der Waals surface area contributed by atoms with Crippen molar-refractivity contribution in [2.24, 2.45) is 0 Å². The molecule has 1 aliphatic rings. The number of alkyl halides is 2. The van der Waals surface area contributed by atoms with Crippen LogP contribution in [-0.4, -0.2) is 17.0 Å². The molecule has 0 aliphatic carbocycles. The molecule has 8 heavy (non-hydrogen) atoms. The zero-order valence-electron chi connectivity index (χ0n) is 4.44. The molecule has 1 rings (SSSR count). The van der Waals surface area contributed by atoms with Gasteiger partial charge in [-0.1, -0.05) is 27.5 Å². The van der Waals surface area contributed by atoms with Crippen molar-refractivity contribution in [3.05, 3.63) is 0 Å². The Morgan fingerprint density at radius 1 is 1.62 bits per heavy atom. The summed E-state index contributed by atoms with van der Waals surface area (Å²) < 4.78 is 5.08. The summed E-state index contributed by atoms with van der Waals surface area (Å²) in [6.07, 6.45) is 2.02. The highest BCUT2D eigenvalue weighted by atomic mass is 79.9. The average molecular weight is 199 g/mol. The molecule has 0 aromatic heterocycles. The molecule has 2 unspecified atom stereocenters. The minimum absolute atomic E-state index is 0.0619. The van der Waals surface area contributed by atoms with Gasteiger partial charge in [-0.3, -0.25) is 0 Å². The second kappa shape index (κ2) is 3.04. The second-order valence-electron chi connectivity index (χ2n) is 1.90. The SMILES string of the molecule is ClC1CC(Br)CCO1. The van der Waals surface area contributed by atoms with E-state index in [1.54, 1.807) is 0 Å². The van der Waals surface area contributed by atoms with Crippen LogP contribution in [0.5, 0.6) is 0 Å². The van der Waals surface area contributed by atoms with E-state index in [2.05, 4.69) is 15.9 Å². The third kappa shape index (κ3) is 1.92. The molecule has 0 aromatic rings. The molecular weight excluding hydrogens is 191 g/mol. The molecule has 0 spiro atoms. The minimum Gasteiger partial charge on any atom is -0.362 e. The Morgan fingerprint density at radius 2 is 2.38 bits per heavy atom. The maximum atomic E-state index is 5.66. The Labute approximate surface area is 62.5 Å². The molecular formula is C5H8BrClO. The third-order valence-electron chi connectivity index (χ3n) is 1.17. The van der Waals surface area contributed by atoms with Crippen LogP contribution in [0.1, 0.15) is 12.8 Å². The Balaban J connectivity index is 2.23. The highest BCUT2D eigenvalue weighted by molar-refractivity contribution is 9.09. The largest absolute Gasteiger partial charge is 0.362 e. The monoisotopic (exact) mass is 198 g/mol. The molecule has 1 heterocycles. The molecule has 1 fully saturated rings. The van der Waals surface area contributed by atoms with Crippen LogP contribution in [0.2, 0.25) is 0 Å². The van der Waals surface area contributed by atoms with Crippen LogP contribution in [-0.2, 0) is 4.74 Å². The van der Waals surface area contributed by atoms with Gasteiger partial charge in [-0.25, -0.2) is 0 Å². The molecule has 0 N–H and O–H groups in total. The summed E-state index contributed by atoms with van der Waals surface area (Å²) in [5.41, 5.74) is -0.0619. The number of ether oxygens (including phenoxy) is 1. The van der Waals surface area contributed by atoms with Crippen molar-refractivity contribution >= 4 is 27.5 Å².